The van der Waals surface area contributed by atoms with Crippen LogP contribution < -0.4 is 14.4 Å². The first-order valence-electron chi connectivity index (χ1n) is 11.0. The Kier molecular flexibility index (Phi) is 6.75. The molecule has 1 saturated heterocycles. The van der Waals surface area contributed by atoms with Gasteiger partial charge in [-0.1, -0.05) is 19.9 Å². The van der Waals surface area contributed by atoms with Gasteiger partial charge in [-0.15, -0.1) is 11.3 Å². The molecule has 1 aromatic heterocycles. The molecule has 176 valence electrons. The van der Waals surface area contributed by atoms with Crippen LogP contribution in [0.1, 0.15) is 35.9 Å². The van der Waals surface area contributed by atoms with Gasteiger partial charge in [-0.3, -0.25) is 14.5 Å². The van der Waals surface area contributed by atoms with Crippen LogP contribution in [-0.2, 0) is 9.59 Å². The molecule has 3 aromatic rings. The topological polar surface area (TPSA) is 76.1 Å². The molecule has 1 unspecified atom stereocenters. The van der Waals surface area contributed by atoms with Gasteiger partial charge in [0.1, 0.15) is 23.3 Å². The number of anilines is 1. The van der Waals surface area contributed by atoms with E-state index in [-0.39, 0.29) is 11.3 Å². The number of Topliss-reactive ketones (excluding diaryl/α,β-unsaturated/α-hetero) is 1. The molecule has 1 amide bonds. The van der Waals surface area contributed by atoms with Crippen LogP contribution >= 0.6 is 11.3 Å². The zero-order chi connectivity index (χ0) is 24.4. The van der Waals surface area contributed by atoms with Crippen molar-refractivity contribution in [3.05, 3.63) is 81.6 Å². The van der Waals surface area contributed by atoms with Crippen LogP contribution in [0.25, 0.3) is 5.76 Å². The molecule has 6 nitrogen and oxygen atoms in total. The van der Waals surface area contributed by atoms with Crippen LogP contribution in [0.3, 0.4) is 0 Å². The number of carbonyl (C=O) groups excluding carboxylic acids is 2. The maximum absolute atomic E-state index is 13.3. The third-order valence-electron chi connectivity index (χ3n) is 5.64. The van der Waals surface area contributed by atoms with Gasteiger partial charge >= 0.3 is 0 Å². The Morgan fingerprint density at radius 3 is 2.44 bits per heavy atom. The molecule has 0 bridgehead atoms. The molecular weight excluding hydrogens is 450 g/mol. The van der Waals surface area contributed by atoms with Gasteiger partial charge in [-0.2, -0.15) is 0 Å². The van der Waals surface area contributed by atoms with Crippen LogP contribution in [0.5, 0.6) is 11.5 Å². The van der Waals surface area contributed by atoms with E-state index in [4.69, 9.17) is 9.47 Å². The second-order valence-electron chi connectivity index (χ2n) is 8.57. The Morgan fingerprint density at radius 1 is 1.09 bits per heavy atom. The standard InChI is InChI=1S/C27H27NO5S/c1-16(2)15-33-20-10-8-18(9-11-20)24(29)22-23(26-17(3)12-13-34-26)28(27(31)25(22)30)19-6-5-7-21(14-19)32-4/h5-14,16,23,29H,15H2,1-4H3/b24-22-. The molecule has 1 N–H and O–H groups in total. The summed E-state index contributed by atoms with van der Waals surface area (Å²) in [5.74, 6) is 0.000166. The van der Waals surface area contributed by atoms with E-state index in [0.29, 0.717) is 35.3 Å². The molecule has 0 aliphatic carbocycles. The van der Waals surface area contributed by atoms with E-state index in [9.17, 15) is 14.7 Å². The molecule has 7 heteroatoms. The highest BCUT2D eigenvalue weighted by atomic mass is 32.1. The lowest BCUT2D eigenvalue weighted by Gasteiger charge is -2.25. The van der Waals surface area contributed by atoms with E-state index in [1.165, 1.54) is 16.2 Å². The number of aryl methyl sites for hydroxylation is 1. The molecule has 2 aromatic carbocycles. The molecule has 34 heavy (non-hydrogen) atoms. The Bertz CT molecular complexity index is 1240. The number of rotatable bonds is 7. The summed E-state index contributed by atoms with van der Waals surface area (Å²) in [6.45, 7) is 6.63. The molecular formula is C27H27NO5S. The van der Waals surface area contributed by atoms with E-state index in [2.05, 4.69) is 13.8 Å². The average Bonchev–Trinajstić information content (AvgIpc) is 3.37. The maximum atomic E-state index is 13.3. The summed E-state index contributed by atoms with van der Waals surface area (Å²) in [5, 5.41) is 13.2. The average molecular weight is 478 g/mol. The molecule has 1 fully saturated rings. The smallest absolute Gasteiger partial charge is 0.300 e. The molecule has 4 rings (SSSR count). The second-order valence-corrected chi connectivity index (χ2v) is 9.52. The number of hydrogen-bond acceptors (Lipinski definition) is 6. The van der Waals surface area contributed by atoms with Crippen molar-refractivity contribution in [1.29, 1.82) is 0 Å². The summed E-state index contributed by atoms with van der Waals surface area (Å²) in [7, 11) is 1.54. The summed E-state index contributed by atoms with van der Waals surface area (Å²) >= 11 is 1.44. The molecule has 0 radical (unpaired) electrons. The minimum absolute atomic E-state index is 0.0641. The zero-order valence-corrected chi connectivity index (χ0v) is 20.4. The fraction of sp³-hybridized carbons (Fsp3) is 0.259. The van der Waals surface area contributed by atoms with Crippen LogP contribution in [0.2, 0.25) is 0 Å². The predicted octanol–water partition coefficient (Wildman–Crippen LogP) is 5.73. The number of hydrogen-bond donors (Lipinski definition) is 1. The Hall–Kier alpha value is -3.58. The highest BCUT2D eigenvalue weighted by Crippen LogP contribution is 2.45. The minimum Gasteiger partial charge on any atom is -0.507 e. The van der Waals surface area contributed by atoms with E-state index >= 15 is 0 Å². The number of carbonyl (C=O) groups is 2. The molecule has 2 heterocycles. The number of ketones is 1. The third kappa shape index (κ3) is 4.43. The van der Waals surface area contributed by atoms with Crippen LogP contribution in [0, 0.1) is 12.8 Å². The highest BCUT2D eigenvalue weighted by molar-refractivity contribution is 7.10. The SMILES string of the molecule is COc1cccc(N2C(=O)C(=O)/C(=C(\O)c3ccc(OCC(C)C)cc3)C2c2sccc2C)c1. The predicted molar refractivity (Wildman–Crippen MR) is 134 cm³/mol. The van der Waals surface area contributed by atoms with Gasteiger partial charge in [0.15, 0.2) is 0 Å². The molecule has 1 aliphatic rings. The second kappa shape index (κ2) is 9.73. The number of methoxy groups -OCH3 is 1. The number of aliphatic hydroxyl groups is 1. The normalized spacial score (nSPS) is 17.4. The van der Waals surface area contributed by atoms with Crippen molar-refractivity contribution < 1.29 is 24.2 Å². The molecule has 0 saturated carbocycles. The molecule has 0 spiro atoms. The van der Waals surface area contributed by atoms with Crippen molar-refractivity contribution >= 4 is 34.5 Å². The van der Waals surface area contributed by atoms with Crippen molar-refractivity contribution in [2.75, 3.05) is 18.6 Å². The first-order chi connectivity index (χ1) is 16.3. The van der Waals surface area contributed by atoms with Gasteiger partial charge in [-0.05, 0) is 66.2 Å². The van der Waals surface area contributed by atoms with Crippen molar-refractivity contribution in [2.24, 2.45) is 5.92 Å². The van der Waals surface area contributed by atoms with Gasteiger partial charge in [-0.25, -0.2) is 0 Å². The van der Waals surface area contributed by atoms with E-state index in [1.807, 2.05) is 18.4 Å². The lowest BCUT2D eigenvalue weighted by atomic mass is 9.98. The zero-order valence-electron chi connectivity index (χ0n) is 19.6. The molecule has 1 aliphatic heterocycles. The van der Waals surface area contributed by atoms with Crippen LogP contribution in [0.4, 0.5) is 5.69 Å². The summed E-state index contributed by atoms with van der Waals surface area (Å²) in [4.78, 5) is 28.8. The summed E-state index contributed by atoms with van der Waals surface area (Å²) in [6, 6.07) is 15.1. The molecule has 1 atom stereocenters. The lowest BCUT2D eigenvalue weighted by molar-refractivity contribution is -0.132. The first kappa shape index (κ1) is 23.6. The number of benzene rings is 2. The Morgan fingerprint density at radius 2 is 1.82 bits per heavy atom. The van der Waals surface area contributed by atoms with Gasteiger partial charge in [0.25, 0.3) is 11.7 Å². The van der Waals surface area contributed by atoms with Gasteiger partial charge < -0.3 is 14.6 Å². The van der Waals surface area contributed by atoms with Crippen molar-refractivity contribution in [3.63, 3.8) is 0 Å². The summed E-state index contributed by atoms with van der Waals surface area (Å²) < 4.78 is 11.0. The number of amides is 1. The van der Waals surface area contributed by atoms with Crippen molar-refractivity contribution in [2.45, 2.75) is 26.8 Å². The van der Waals surface area contributed by atoms with Gasteiger partial charge in [0, 0.05) is 22.2 Å². The van der Waals surface area contributed by atoms with Crippen molar-refractivity contribution in [3.8, 4) is 11.5 Å². The van der Waals surface area contributed by atoms with Gasteiger partial charge in [0.05, 0.1) is 19.3 Å². The Balaban J connectivity index is 1.81. The summed E-state index contributed by atoms with van der Waals surface area (Å²) in [6.07, 6.45) is 0. The third-order valence-corrected chi connectivity index (χ3v) is 6.71. The number of nitrogens with zero attached hydrogens (tertiary/aromatic N) is 1. The lowest BCUT2D eigenvalue weighted by Crippen LogP contribution is -2.29. The Labute approximate surface area is 203 Å². The van der Waals surface area contributed by atoms with E-state index in [1.54, 1.807) is 55.6 Å². The van der Waals surface area contributed by atoms with E-state index in [0.717, 1.165) is 10.4 Å². The monoisotopic (exact) mass is 477 g/mol. The first-order valence-corrected chi connectivity index (χ1v) is 11.9. The van der Waals surface area contributed by atoms with Crippen LogP contribution in [0.15, 0.2) is 65.6 Å². The van der Waals surface area contributed by atoms with E-state index < -0.39 is 17.7 Å². The highest BCUT2D eigenvalue weighted by Gasteiger charge is 2.48. The largest absolute Gasteiger partial charge is 0.507 e. The number of ether oxygens (including phenoxy) is 2. The number of aliphatic hydroxyl groups excluding tert-OH is 1. The van der Waals surface area contributed by atoms with Gasteiger partial charge in [0.2, 0.25) is 0 Å². The maximum Gasteiger partial charge on any atom is 0.300 e. The minimum atomic E-state index is -0.746. The van der Waals surface area contributed by atoms with Crippen molar-refractivity contribution in [1.82, 2.24) is 0 Å². The fourth-order valence-corrected chi connectivity index (χ4v) is 4.92. The number of thiophene rings is 1. The van der Waals surface area contributed by atoms with Crippen LogP contribution in [-0.4, -0.2) is 30.5 Å². The fourth-order valence-electron chi connectivity index (χ4n) is 3.90. The summed E-state index contributed by atoms with van der Waals surface area (Å²) in [5.41, 5.74) is 1.97. The quantitative estimate of drug-likeness (QED) is 0.267.